The first-order valence-electron chi connectivity index (χ1n) is 8.16. The molecule has 0 saturated carbocycles. The molecule has 0 unspecified atom stereocenters. The molecule has 2 aromatic rings. The van der Waals surface area contributed by atoms with Crippen LogP contribution in [0.3, 0.4) is 0 Å². The highest BCUT2D eigenvalue weighted by Gasteiger charge is 2.21. The van der Waals surface area contributed by atoms with Crippen molar-refractivity contribution < 1.29 is 9.63 Å². The van der Waals surface area contributed by atoms with Gasteiger partial charge >= 0.3 is 5.97 Å². The molecule has 1 N–H and O–H groups in total. The van der Waals surface area contributed by atoms with Gasteiger partial charge in [0.05, 0.1) is 5.69 Å². The van der Waals surface area contributed by atoms with Gasteiger partial charge in [-0.15, -0.1) is 0 Å². The van der Waals surface area contributed by atoms with Gasteiger partial charge in [0.25, 0.3) is 0 Å². The number of aromatic nitrogens is 1. The van der Waals surface area contributed by atoms with Gasteiger partial charge in [0.1, 0.15) is 5.71 Å². The molecule has 0 atom stereocenters. The number of rotatable bonds is 5. The smallest absolute Gasteiger partial charge is 0.335 e. The summed E-state index contributed by atoms with van der Waals surface area (Å²) in [5.41, 5.74) is 4.31. The number of aromatic amines is 1. The minimum atomic E-state index is -0.232. The van der Waals surface area contributed by atoms with E-state index < -0.39 is 0 Å². The van der Waals surface area contributed by atoms with Crippen LogP contribution in [0.4, 0.5) is 0 Å². The number of unbranched alkanes of at least 4 members (excludes halogenated alkanes) is 2. The number of hydrogen-bond acceptors (Lipinski definition) is 3. The first-order chi connectivity index (χ1) is 10.8. The number of oxime groups is 1. The number of nitrogens with zero attached hydrogens (tertiary/aromatic N) is 1. The van der Waals surface area contributed by atoms with Crippen LogP contribution in [0.5, 0.6) is 0 Å². The average Bonchev–Trinajstić information content (AvgIpc) is 2.92. The fraction of sp³-hybridized carbons (Fsp3) is 0.444. The molecule has 1 heterocycles. The van der Waals surface area contributed by atoms with Crippen molar-refractivity contribution in [1.82, 2.24) is 4.98 Å². The molecule has 4 heteroatoms. The molecule has 1 aliphatic rings. The van der Waals surface area contributed by atoms with E-state index in [9.17, 15) is 4.79 Å². The Labute approximate surface area is 130 Å². The molecule has 3 rings (SSSR count). The number of carbonyl (C=O) groups is 1. The molecule has 0 saturated heterocycles. The van der Waals surface area contributed by atoms with Gasteiger partial charge in [0, 0.05) is 17.3 Å². The van der Waals surface area contributed by atoms with Crippen LogP contribution >= 0.6 is 0 Å². The van der Waals surface area contributed by atoms with Gasteiger partial charge in [0.2, 0.25) is 0 Å². The third kappa shape index (κ3) is 3.06. The lowest BCUT2D eigenvalue weighted by Crippen LogP contribution is -2.13. The first kappa shape index (κ1) is 14.8. The predicted octanol–water partition coefficient (Wildman–Crippen LogP) is 4.33. The fourth-order valence-corrected chi connectivity index (χ4v) is 3.03. The summed E-state index contributed by atoms with van der Waals surface area (Å²) in [4.78, 5) is 20.2. The lowest BCUT2D eigenvalue weighted by atomic mass is 9.94. The van der Waals surface area contributed by atoms with E-state index in [0.29, 0.717) is 6.42 Å². The second kappa shape index (κ2) is 6.77. The molecule has 22 heavy (non-hydrogen) atoms. The summed E-state index contributed by atoms with van der Waals surface area (Å²) in [5.74, 6) is -0.232. The molecule has 0 radical (unpaired) electrons. The van der Waals surface area contributed by atoms with Crippen molar-refractivity contribution in [3.8, 4) is 0 Å². The third-order valence-corrected chi connectivity index (χ3v) is 4.18. The van der Waals surface area contributed by atoms with Crippen molar-refractivity contribution in [2.75, 3.05) is 0 Å². The van der Waals surface area contributed by atoms with Crippen molar-refractivity contribution in [2.24, 2.45) is 5.16 Å². The highest BCUT2D eigenvalue weighted by Crippen LogP contribution is 2.29. The number of hydrogen-bond donors (Lipinski definition) is 1. The number of para-hydroxylation sites is 1. The molecule has 0 spiro atoms. The van der Waals surface area contributed by atoms with Gasteiger partial charge in [-0.1, -0.05) is 43.1 Å². The Morgan fingerprint density at radius 2 is 2.14 bits per heavy atom. The molecular weight excluding hydrogens is 276 g/mol. The molecular formula is C18H22N2O2. The van der Waals surface area contributed by atoms with Gasteiger partial charge in [-0.3, -0.25) is 0 Å². The number of nitrogens with one attached hydrogen (secondary N) is 1. The zero-order valence-electron chi connectivity index (χ0n) is 13.0. The average molecular weight is 298 g/mol. The fourth-order valence-electron chi connectivity index (χ4n) is 3.03. The van der Waals surface area contributed by atoms with Crippen LogP contribution < -0.4 is 0 Å². The highest BCUT2D eigenvalue weighted by atomic mass is 16.7. The zero-order valence-corrected chi connectivity index (χ0v) is 13.0. The minimum Gasteiger partial charge on any atom is -0.353 e. The highest BCUT2D eigenvalue weighted by molar-refractivity contribution is 6.06. The van der Waals surface area contributed by atoms with Crippen LogP contribution in [0.15, 0.2) is 29.4 Å². The quantitative estimate of drug-likeness (QED) is 0.507. The molecule has 1 aromatic carbocycles. The Kier molecular flexibility index (Phi) is 4.56. The number of aryl methyl sites for hydroxylation is 1. The Morgan fingerprint density at radius 1 is 1.27 bits per heavy atom. The summed E-state index contributed by atoms with van der Waals surface area (Å²) in [7, 11) is 0. The first-order valence-corrected chi connectivity index (χ1v) is 8.16. The Morgan fingerprint density at radius 3 is 3.00 bits per heavy atom. The van der Waals surface area contributed by atoms with E-state index in [1.807, 2.05) is 6.07 Å². The molecule has 4 nitrogen and oxygen atoms in total. The summed E-state index contributed by atoms with van der Waals surface area (Å²) in [5, 5.41) is 5.38. The van der Waals surface area contributed by atoms with Crippen molar-refractivity contribution in [2.45, 2.75) is 51.9 Å². The Bertz CT molecular complexity index is 700. The second-order valence-electron chi connectivity index (χ2n) is 5.84. The van der Waals surface area contributed by atoms with Crippen molar-refractivity contribution in [3.63, 3.8) is 0 Å². The third-order valence-electron chi connectivity index (χ3n) is 4.18. The van der Waals surface area contributed by atoms with E-state index in [2.05, 4.69) is 35.3 Å². The summed E-state index contributed by atoms with van der Waals surface area (Å²) in [6, 6.07) is 8.27. The van der Waals surface area contributed by atoms with Gasteiger partial charge in [0.15, 0.2) is 0 Å². The summed E-state index contributed by atoms with van der Waals surface area (Å²) >= 11 is 0. The molecule has 0 bridgehead atoms. The molecule has 116 valence electrons. The van der Waals surface area contributed by atoms with Crippen LogP contribution in [0, 0.1) is 0 Å². The lowest BCUT2D eigenvalue weighted by molar-refractivity contribution is -0.143. The summed E-state index contributed by atoms with van der Waals surface area (Å²) < 4.78 is 0. The van der Waals surface area contributed by atoms with Crippen LogP contribution in [0.1, 0.15) is 56.7 Å². The summed E-state index contributed by atoms with van der Waals surface area (Å²) in [6.07, 6.45) is 6.41. The van der Waals surface area contributed by atoms with E-state index >= 15 is 0 Å². The van der Waals surface area contributed by atoms with Crippen molar-refractivity contribution in [1.29, 1.82) is 0 Å². The molecule has 0 amide bonds. The zero-order chi connectivity index (χ0) is 15.4. The Hall–Kier alpha value is -2.10. The molecule has 0 aliphatic heterocycles. The monoisotopic (exact) mass is 298 g/mol. The van der Waals surface area contributed by atoms with E-state index in [0.717, 1.165) is 55.4 Å². The van der Waals surface area contributed by atoms with E-state index in [4.69, 9.17) is 4.84 Å². The van der Waals surface area contributed by atoms with Gasteiger partial charge in [-0.25, -0.2) is 4.79 Å². The van der Waals surface area contributed by atoms with Gasteiger partial charge in [-0.2, -0.15) is 0 Å². The van der Waals surface area contributed by atoms with Crippen LogP contribution in [-0.4, -0.2) is 16.7 Å². The van der Waals surface area contributed by atoms with Gasteiger partial charge in [-0.05, 0) is 37.3 Å². The van der Waals surface area contributed by atoms with Crippen LogP contribution in [0.25, 0.3) is 10.9 Å². The van der Waals surface area contributed by atoms with Crippen molar-refractivity contribution >= 4 is 22.6 Å². The second-order valence-corrected chi connectivity index (χ2v) is 5.84. The largest absolute Gasteiger partial charge is 0.353 e. The van der Waals surface area contributed by atoms with E-state index in [1.54, 1.807) is 0 Å². The topological polar surface area (TPSA) is 54.4 Å². The SMILES string of the molecule is CCCCCC(=O)ON=C1CCCc2c1[nH]c1ccccc21. The molecule has 1 aromatic heterocycles. The standard InChI is InChI=1S/C18H22N2O2/c1-2-3-4-12-17(21)22-20-16-11-7-9-14-13-8-5-6-10-15(13)19-18(14)16/h5-6,8,10,19H,2-4,7,9,11-12H2,1H3. The molecule has 0 fully saturated rings. The molecule has 1 aliphatic carbocycles. The lowest BCUT2D eigenvalue weighted by Gasteiger charge is -2.13. The van der Waals surface area contributed by atoms with Gasteiger partial charge < -0.3 is 9.82 Å². The van der Waals surface area contributed by atoms with Crippen LogP contribution in [-0.2, 0) is 16.1 Å². The Balaban J connectivity index is 1.76. The maximum absolute atomic E-state index is 11.7. The number of carbonyl (C=O) groups excluding carboxylic acids is 1. The minimum absolute atomic E-state index is 0.232. The summed E-state index contributed by atoms with van der Waals surface area (Å²) in [6.45, 7) is 2.12. The number of fused-ring (bicyclic) bond motifs is 3. The van der Waals surface area contributed by atoms with Crippen LogP contribution in [0.2, 0.25) is 0 Å². The predicted molar refractivity (Wildman–Crippen MR) is 88.0 cm³/mol. The number of benzene rings is 1. The van der Waals surface area contributed by atoms with E-state index in [-0.39, 0.29) is 5.97 Å². The van der Waals surface area contributed by atoms with Crippen molar-refractivity contribution in [3.05, 3.63) is 35.5 Å². The maximum atomic E-state index is 11.7. The maximum Gasteiger partial charge on any atom is 0.335 e. The number of H-pyrrole nitrogens is 1. The van der Waals surface area contributed by atoms with E-state index in [1.165, 1.54) is 10.9 Å². The normalized spacial score (nSPS) is 16.0.